The monoisotopic (exact) mass is 403 g/mol. The van der Waals surface area contributed by atoms with Gasteiger partial charge in [-0.05, 0) is 0 Å². The van der Waals surface area contributed by atoms with Crippen LogP contribution in [-0.4, -0.2) is 11.8 Å². The van der Waals surface area contributed by atoms with Crippen molar-refractivity contribution in [3.05, 3.63) is 0 Å². The third-order valence-electron chi connectivity index (χ3n) is 4.84. The average molecular weight is 403 g/mol. The topological polar surface area (TPSA) is 0 Å². The van der Waals surface area contributed by atoms with Gasteiger partial charge in [-0.3, -0.25) is 0 Å². The molecule has 0 aliphatic heterocycles. The van der Waals surface area contributed by atoms with Crippen LogP contribution in [0.5, 0.6) is 0 Å². The molecule has 0 nitrogen and oxygen atoms in total. The molecule has 0 aromatic heterocycles. The fraction of sp³-hybridized carbons (Fsp3) is 1.00. The van der Waals surface area contributed by atoms with Crippen LogP contribution in [0.3, 0.4) is 0 Å². The Hall–Kier alpha value is 1.46. The minimum absolute atomic E-state index is 0.466. The molecule has 2 heteroatoms. The van der Waals surface area contributed by atoms with E-state index in [1.807, 2.05) is 0 Å². The van der Waals surface area contributed by atoms with E-state index < -0.39 is 0 Å². The summed E-state index contributed by atoms with van der Waals surface area (Å²) in [5, 5.41) is 0. The van der Waals surface area contributed by atoms with Gasteiger partial charge in [-0.15, -0.1) is 0 Å². The fourth-order valence-electron chi connectivity index (χ4n) is 4.32. The van der Waals surface area contributed by atoms with Gasteiger partial charge in [-0.2, -0.15) is 0 Å². The molecule has 0 aromatic rings. The quantitative estimate of drug-likeness (QED) is 0.435. The normalized spacial score (nSPS) is 58.9. The predicted molar refractivity (Wildman–Crippen MR) is 60.1 cm³/mol. The summed E-state index contributed by atoms with van der Waals surface area (Å²) in [5.74, 6) is 2.29. The van der Waals surface area contributed by atoms with Crippen molar-refractivity contribution in [1.29, 1.82) is 0 Å². The van der Waals surface area contributed by atoms with E-state index in [1.165, 1.54) is 0 Å². The number of rotatable bonds is 1. The first kappa shape index (κ1) is 9.67. The van der Waals surface area contributed by atoms with Gasteiger partial charge in [0.05, 0.1) is 0 Å². The summed E-state index contributed by atoms with van der Waals surface area (Å²) in [6.07, 6.45) is 9.46. The zero-order chi connectivity index (χ0) is 9.10. The van der Waals surface area contributed by atoms with Gasteiger partial charge >= 0.3 is 106 Å². The Balaban J connectivity index is 2.07. The summed E-state index contributed by atoms with van der Waals surface area (Å²) in [6, 6.07) is 0. The van der Waals surface area contributed by atoms with Crippen LogP contribution in [0.2, 0.25) is 0 Å². The Kier molecular flexibility index (Phi) is 2.22. The Morgan fingerprint density at radius 3 is 2.69 bits per heavy atom. The van der Waals surface area contributed by atoms with Crippen molar-refractivity contribution < 1.29 is 21.2 Å². The Labute approximate surface area is 105 Å². The van der Waals surface area contributed by atoms with Crippen molar-refractivity contribution in [2.45, 2.75) is 45.4 Å². The number of hydrogen-bond donors (Lipinski definition) is 0. The van der Waals surface area contributed by atoms with Gasteiger partial charge in [0.15, 0.2) is 0 Å². The summed E-state index contributed by atoms with van der Waals surface area (Å²) < 4.78 is 1.69. The van der Waals surface area contributed by atoms with Crippen molar-refractivity contribution in [1.82, 2.24) is 0 Å². The molecule has 76 valence electrons. The number of fused-ring (bicyclic) bond motifs is 5. The van der Waals surface area contributed by atoms with Crippen LogP contribution in [0.4, 0.5) is 0 Å². The molecule has 3 aliphatic rings. The van der Waals surface area contributed by atoms with Crippen LogP contribution in [0.1, 0.15) is 38.5 Å². The molecule has 2 bridgehead atoms. The molecule has 0 N–H and O–H groups in total. The molecule has 0 heterocycles. The molecule has 0 aromatic carbocycles. The molecule has 0 radical (unpaired) electrons. The summed E-state index contributed by atoms with van der Waals surface area (Å²) >= 11 is 3.36. The fourth-order valence-corrected chi connectivity index (χ4v) is 11.3. The van der Waals surface area contributed by atoms with Crippen LogP contribution >= 0.6 is 22.6 Å². The molecule has 3 fully saturated rings. The zero-order valence-electron chi connectivity index (χ0n) is 8.15. The van der Waals surface area contributed by atoms with Crippen LogP contribution in [0.15, 0.2) is 0 Å². The van der Waals surface area contributed by atoms with Crippen molar-refractivity contribution in [2.24, 2.45) is 11.8 Å². The van der Waals surface area contributed by atoms with Crippen LogP contribution in [-0.2, 0) is 0 Å². The number of halogens is 2. The first-order chi connectivity index (χ1) is 6.23. The second kappa shape index (κ2) is 2.98. The average Bonchev–Trinajstić information content (AvgIpc) is 2.72. The van der Waals surface area contributed by atoms with Gasteiger partial charge in [-0.1, -0.05) is 0 Å². The van der Waals surface area contributed by atoms with Crippen molar-refractivity contribution in [3.63, 3.8) is 0 Å². The first-order valence-electron chi connectivity index (χ1n) is 5.42. The molecule has 0 unspecified atom stereocenters. The van der Waals surface area contributed by atoms with E-state index in [1.54, 1.807) is 38.5 Å². The van der Waals surface area contributed by atoms with Crippen molar-refractivity contribution >= 4 is 22.6 Å². The van der Waals surface area contributed by atoms with Crippen LogP contribution < -0.4 is 21.2 Å². The second-order valence-corrected chi connectivity index (χ2v) is 9.90. The molecule has 0 saturated heterocycles. The number of hydrogen-bond acceptors (Lipinski definition) is 0. The van der Waals surface area contributed by atoms with Crippen LogP contribution in [0, 0.1) is 11.8 Å². The molecule has 3 aliphatic carbocycles. The minimum atomic E-state index is 0.466. The van der Waals surface area contributed by atoms with Crippen molar-refractivity contribution in [2.75, 3.05) is 4.93 Å². The molecular formula is C11H17I2-. The Morgan fingerprint density at radius 2 is 2.00 bits per heavy atom. The summed E-state index contributed by atoms with van der Waals surface area (Å²) in [6.45, 7) is 0. The summed E-state index contributed by atoms with van der Waals surface area (Å²) in [4.78, 5) is 2.55. The summed E-state index contributed by atoms with van der Waals surface area (Å²) in [5.41, 5.74) is 0. The van der Waals surface area contributed by atoms with Gasteiger partial charge < -0.3 is 0 Å². The Morgan fingerprint density at radius 1 is 1.23 bits per heavy atom. The van der Waals surface area contributed by atoms with E-state index in [9.17, 15) is 0 Å². The van der Waals surface area contributed by atoms with Gasteiger partial charge in [0, 0.05) is 0 Å². The standard InChI is InChI=1S/C11H17I2/c1-13-11-6-2-5-10(11,12)8-3-4-9(11)7-8/h8-9H,2-7H2,1H3/q-1/t8-,9+,10-,11+/m1/s1. The van der Waals surface area contributed by atoms with Gasteiger partial charge in [0.25, 0.3) is 0 Å². The Bertz CT molecular complexity index is 240. The first-order valence-corrected chi connectivity index (χ1v) is 9.74. The van der Waals surface area contributed by atoms with E-state index in [0.717, 1.165) is 18.7 Å². The summed E-state index contributed by atoms with van der Waals surface area (Å²) in [7, 11) is 0. The molecular weight excluding hydrogens is 386 g/mol. The van der Waals surface area contributed by atoms with Crippen molar-refractivity contribution in [3.8, 4) is 0 Å². The molecule has 4 atom stereocenters. The van der Waals surface area contributed by atoms with E-state index >= 15 is 0 Å². The van der Waals surface area contributed by atoms with E-state index in [0.29, 0.717) is 21.2 Å². The van der Waals surface area contributed by atoms with E-state index in [2.05, 4.69) is 27.5 Å². The number of alkyl halides is 3. The van der Waals surface area contributed by atoms with Gasteiger partial charge in [-0.25, -0.2) is 0 Å². The van der Waals surface area contributed by atoms with E-state index in [-0.39, 0.29) is 0 Å². The SMILES string of the molecule is C[I-][C@]12CCC[C@@]1(I)[C@@H]1CC[C@H]2C1. The zero-order valence-corrected chi connectivity index (χ0v) is 12.5. The molecule has 0 amide bonds. The van der Waals surface area contributed by atoms with Crippen LogP contribution in [0.25, 0.3) is 0 Å². The molecule has 3 rings (SSSR count). The molecule has 0 spiro atoms. The predicted octanol–water partition coefficient (Wildman–Crippen LogP) is 0.232. The van der Waals surface area contributed by atoms with Gasteiger partial charge in [0.1, 0.15) is 0 Å². The molecule has 3 saturated carbocycles. The van der Waals surface area contributed by atoms with Gasteiger partial charge in [0.2, 0.25) is 0 Å². The molecule has 13 heavy (non-hydrogen) atoms. The third-order valence-corrected chi connectivity index (χ3v) is 12.6. The maximum atomic E-state index is 2.89. The van der Waals surface area contributed by atoms with E-state index in [4.69, 9.17) is 0 Å². The third kappa shape index (κ3) is 0.981. The maximum absolute atomic E-state index is 2.89. The second-order valence-electron chi connectivity index (χ2n) is 4.97.